The van der Waals surface area contributed by atoms with Crippen LogP contribution in [-0.4, -0.2) is 29.7 Å². The molecular formula is C20H34O3. The number of allylic oxidation sites excluding steroid dienone is 1. The van der Waals surface area contributed by atoms with E-state index in [1.54, 1.807) is 0 Å². The van der Waals surface area contributed by atoms with Crippen molar-refractivity contribution in [1.82, 2.24) is 0 Å². The molecule has 0 spiro atoms. The van der Waals surface area contributed by atoms with Crippen molar-refractivity contribution < 1.29 is 14.6 Å². The summed E-state index contributed by atoms with van der Waals surface area (Å²) in [5, 5.41) is 11.1. The highest BCUT2D eigenvalue weighted by molar-refractivity contribution is 5.20. The Labute approximate surface area is 141 Å². The molecule has 1 aliphatic heterocycles. The maximum Gasteiger partial charge on any atom is 0.165 e. The molecule has 0 aromatic rings. The molecule has 4 atom stereocenters. The van der Waals surface area contributed by atoms with Crippen LogP contribution in [0.15, 0.2) is 12.2 Å². The first-order chi connectivity index (χ1) is 10.6. The van der Waals surface area contributed by atoms with Crippen LogP contribution in [0, 0.1) is 22.7 Å². The van der Waals surface area contributed by atoms with Gasteiger partial charge in [0.2, 0.25) is 0 Å². The van der Waals surface area contributed by atoms with E-state index in [9.17, 15) is 5.11 Å². The molecule has 3 aliphatic rings. The Morgan fingerprint density at radius 3 is 2.35 bits per heavy atom. The number of rotatable bonds is 3. The van der Waals surface area contributed by atoms with Gasteiger partial charge < -0.3 is 14.6 Å². The van der Waals surface area contributed by atoms with Gasteiger partial charge in [-0.15, -0.1) is 0 Å². The average molecular weight is 322 g/mol. The first-order valence-corrected chi connectivity index (χ1v) is 9.29. The lowest BCUT2D eigenvalue weighted by atomic mass is 9.47. The average Bonchev–Trinajstić information content (AvgIpc) is 2.83. The fourth-order valence-corrected chi connectivity index (χ4v) is 5.80. The van der Waals surface area contributed by atoms with E-state index in [-0.39, 0.29) is 11.3 Å². The van der Waals surface area contributed by atoms with Gasteiger partial charge in [-0.05, 0) is 55.8 Å². The van der Waals surface area contributed by atoms with Crippen LogP contribution in [0.1, 0.15) is 66.7 Å². The molecular weight excluding hydrogens is 288 g/mol. The molecule has 0 radical (unpaired) electrons. The van der Waals surface area contributed by atoms with Crippen LogP contribution < -0.4 is 0 Å². The highest BCUT2D eigenvalue weighted by Gasteiger charge is 2.56. The summed E-state index contributed by atoms with van der Waals surface area (Å²) in [6.07, 6.45) is 9.89. The summed E-state index contributed by atoms with van der Waals surface area (Å²) >= 11 is 0. The van der Waals surface area contributed by atoms with Crippen molar-refractivity contribution in [2.24, 2.45) is 22.7 Å². The molecule has 23 heavy (non-hydrogen) atoms. The molecule has 0 aromatic carbocycles. The zero-order valence-electron chi connectivity index (χ0n) is 15.5. The second-order valence-electron chi connectivity index (χ2n) is 9.33. The highest BCUT2D eigenvalue weighted by Crippen LogP contribution is 2.60. The minimum atomic E-state index is -0.742. The lowest BCUT2D eigenvalue weighted by Gasteiger charge is -2.59. The van der Waals surface area contributed by atoms with Crippen LogP contribution in [0.3, 0.4) is 0 Å². The number of fused-ring (bicyclic) bond motifs is 1. The van der Waals surface area contributed by atoms with Gasteiger partial charge in [0.1, 0.15) is 0 Å². The summed E-state index contributed by atoms with van der Waals surface area (Å²) in [5.74, 6) is 0.314. The van der Waals surface area contributed by atoms with Gasteiger partial charge in [-0.2, -0.15) is 0 Å². The number of hydrogen-bond acceptors (Lipinski definition) is 3. The van der Waals surface area contributed by atoms with Gasteiger partial charge in [0, 0.05) is 6.42 Å². The Bertz CT molecular complexity index is 473. The normalized spacial score (nSPS) is 45.0. The van der Waals surface area contributed by atoms with E-state index in [4.69, 9.17) is 9.47 Å². The molecule has 1 saturated carbocycles. The van der Waals surface area contributed by atoms with Gasteiger partial charge in [0.05, 0.1) is 18.8 Å². The summed E-state index contributed by atoms with van der Waals surface area (Å²) in [5.41, 5.74) is -0.287. The predicted octanol–water partition coefficient (Wildman–Crippen LogP) is 4.30. The molecule has 1 saturated heterocycles. The lowest BCUT2D eigenvalue weighted by molar-refractivity contribution is -0.163. The fourth-order valence-electron chi connectivity index (χ4n) is 5.80. The zero-order chi connectivity index (χ0) is 16.9. The van der Waals surface area contributed by atoms with E-state index in [0.29, 0.717) is 24.5 Å². The van der Waals surface area contributed by atoms with Gasteiger partial charge >= 0.3 is 0 Å². The van der Waals surface area contributed by atoms with E-state index in [1.165, 1.54) is 19.3 Å². The van der Waals surface area contributed by atoms with Crippen LogP contribution in [-0.2, 0) is 9.47 Å². The molecule has 0 aromatic heterocycles. The summed E-state index contributed by atoms with van der Waals surface area (Å²) in [4.78, 5) is 0. The minimum absolute atomic E-state index is 0.148. The SMILES string of the molecule is CC1(CC[C@H]2[C@@](C)(O)C=CC3C(C)(C)CCC[C@@]32C)OCCO1. The van der Waals surface area contributed by atoms with Crippen molar-refractivity contribution in [2.45, 2.75) is 78.1 Å². The smallest absolute Gasteiger partial charge is 0.165 e. The van der Waals surface area contributed by atoms with Gasteiger partial charge in [-0.3, -0.25) is 0 Å². The van der Waals surface area contributed by atoms with Crippen molar-refractivity contribution in [1.29, 1.82) is 0 Å². The molecule has 3 nitrogen and oxygen atoms in total. The van der Waals surface area contributed by atoms with E-state index < -0.39 is 11.4 Å². The molecule has 2 fully saturated rings. The topological polar surface area (TPSA) is 38.7 Å². The van der Waals surface area contributed by atoms with Crippen LogP contribution in [0.25, 0.3) is 0 Å². The first-order valence-electron chi connectivity index (χ1n) is 9.29. The Balaban J connectivity index is 1.85. The Kier molecular flexibility index (Phi) is 4.23. The molecule has 1 heterocycles. The van der Waals surface area contributed by atoms with E-state index in [1.807, 2.05) is 13.8 Å². The Morgan fingerprint density at radius 2 is 1.70 bits per heavy atom. The van der Waals surface area contributed by atoms with Crippen molar-refractivity contribution in [2.75, 3.05) is 13.2 Å². The lowest BCUT2D eigenvalue weighted by Crippen LogP contribution is -2.55. The van der Waals surface area contributed by atoms with Crippen LogP contribution in [0.4, 0.5) is 0 Å². The maximum absolute atomic E-state index is 11.1. The fraction of sp³-hybridized carbons (Fsp3) is 0.900. The molecule has 1 N–H and O–H groups in total. The molecule has 3 heteroatoms. The number of aliphatic hydroxyl groups is 1. The molecule has 0 amide bonds. The second-order valence-corrected chi connectivity index (χ2v) is 9.33. The van der Waals surface area contributed by atoms with Crippen molar-refractivity contribution in [3.63, 3.8) is 0 Å². The number of ether oxygens (including phenoxy) is 2. The predicted molar refractivity (Wildman–Crippen MR) is 92.0 cm³/mol. The van der Waals surface area contributed by atoms with Crippen molar-refractivity contribution >= 4 is 0 Å². The van der Waals surface area contributed by atoms with Gasteiger partial charge in [0.15, 0.2) is 5.79 Å². The molecule has 2 aliphatic carbocycles. The molecule has 0 bridgehead atoms. The Hall–Kier alpha value is -0.380. The monoisotopic (exact) mass is 322 g/mol. The van der Waals surface area contributed by atoms with Gasteiger partial charge in [-0.25, -0.2) is 0 Å². The van der Waals surface area contributed by atoms with Crippen molar-refractivity contribution in [3.05, 3.63) is 12.2 Å². The quantitative estimate of drug-likeness (QED) is 0.787. The van der Waals surface area contributed by atoms with Crippen LogP contribution in [0.2, 0.25) is 0 Å². The summed E-state index contributed by atoms with van der Waals surface area (Å²) in [7, 11) is 0. The third-order valence-corrected chi connectivity index (χ3v) is 7.00. The minimum Gasteiger partial charge on any atom is -0.386 e. The van der Waals surface area contributed by atoms with Crippen LogP contribution >= 0.6 is 0 Å². The third-order valence-electron chi connectivity index (χ3n) is 7.00. The van der Waals surface area contributed by atoms with Gasteiger partial charge in [-0.1, -0.05) is 39.3 Å². The number of hydrogen-bond donors (Lipinski definition) is 1. The zero-order valence-corrected chi connectivity index (χ0v) is 15.5. The highest BCUT2D eigenvalue weighted by atomic mass is 16.7. The van der Waals surface area contributed by atoms with E-state index in [0.717, 1.165) is 12.8 Å². The second kappa shape index (κ2) is 5.57. The van der Waals surface area contributed by atoms with Crippen molar-refractivity contribution in [3.8, 4) is 0 Å². The van der Waals surface area contributed by atoms with E-state index >= 15 is 0 Å². The summed E-state index contributed by atoms with van der Waals surface area (Å²) in [6, 6.07) is 0. The molecule has 132 valence electrons. The largest absolute Gasteiger partial charge is 0.386 e. The standard InChI is InChI=1S/C20H34O3/c1-17(2)9-6-10-18(3)15(17)7-11-19(4,21)16(18)8-12-20(5)22-13-14-23-20/h7,11,15-16,21H,6,8-10,12-14H2,1-5H3/t15?,16-,18+,19+/m1/s1. The third kappa shape index (κ3) is 3.01. The summed E-state index contributed by atoms with van der Waals surface area (Å²) < 4.78 is 11.6. The molecule has 1 unspecified atom stereocenters. The maximum atomic E-state index is 11.1. The Morgan fingerprint density at radius 1 is 1.04 bits per heavy atom. The van der Waals surface area contributed by atoms with Crippen LogP contribution in [0.5, 0.6) is 0 Å². The van der Waals surface area contributed by atoms with E-state index in [2.05, 4.69) is 32.9 Å². The summed E-state index contributed by atoms with van der Waals surface area (Å²) in [6.45, 7) is 12.6. The molecule has 3 rings (SSSR count). The van der Waals surface area contributed by atoms with Gasteiger partial charge in [0.25, 0.3) is 0 Å². The first kappa shape index (κ1) is 17.4.